The van der Waals surface area contributed by atoms with Crippen molar-refractivity contribution in [2.75, 3.05) is 4.90 Å². The van der Waals surface area contributed by atoms with Crippen LogP contribution in [0.25, 0.3) is 72.0 Å². The zero-order valence-corrected chi connectivity index (χ0v) is 34.5. The van der Waals surface area contributed by atoms with Crippen molar-refractivity contribution < 1.29 is 0 Å². The van der Waals surface area contributed by atoms with Crippen molar-refractivity contribution in [1.29, 1.82) is 0 Å². The predicted octanol–water partition coefficient (Wildman–Crippen LogP) is 15.9. The van der Waals surface area contributed by atoms with E-state index in [2.05, 4.69) is 252 Å². The fourth-order valence-electron chi connectivity index (χ4n) is 11.1. The number of anilines is 3. The van der Waals surface area contributed by atoms with Gasteiger partial charge in [0.15, 0.2) is 0 Å². The first-order valence-electron chi connectivity index (χ1n) is 21.9. The number of nitrogens with zero attached hydrogens (tertiary/aromatic N) is 2. The Labute approximate surface area is 367 Å². The molecule has 13 rings (SSSR count). The maximum atomic E-state index is 2.51. The molecular formula is C61H40N2. The third-order valence-corrected chi connectivity index (χ3v) is 13.6. The topological polar surface area (TPSA) is 8.17 Å². The summed E-state index contributed by atoms with van der Waals surface area (Å²) in [5.74, 6) is 0. The Morgan fingerprint density at radius 3 is 1.57 bits per heavy atom. The number of hydrogen-bond donors (Lipinski definition) is 0. The van der Waals surface area contributed by atoms with Crippen LogP contribution in [-0.4, -0.2) is 4.57 Å². The van der Waals surface area contributed by atoms with Crippen LogP contribution in [0.15, 0.2) is 243 Å². The maximum absolute atomic E-state index is 2.51. The molecule has 0 saturated carbocycles. The summed E-state index contributed by atoms with van der Waals surface area (Å²) in [6.45, 7) is 0. The minimum atomic E-state index is -0.506. The van der Waals surface area contributed by atoms with E-state index in [-0.39, 0.29) is 0 Å². The Kier molecular flexibility index (Phi) is 7.85. The second-order valence-corrected chi connectivity index (χ2v) is 16.8. The van der Waals surface area contributed by atoms with Gasteiger partial charge in [-0.2, -0.15) is 0 Å². The summed E-state index contributed by atoms with van der Waals surface area (Å²) in [5, 5.41) is 2.51. The van der Waals surface area contributed by atoms with Gasteiger partial charge in [-0.25, -0.2) is 0 Å². The van der Waals surface area contributed by atoms with Gasteiger partial charge in [-0.3, -0.25) is 0 Å². The van der Waals surface area contributed by atoms with Crippen LogP contribution in [0.4, 0.5) is 17.1 Å². The van der Waals surface area contributed by atoms with Gasteiger partial charge < -0.3 is 9.47 Å². The fraction of sp³-hybridized carbons (Fsp3) is 0.0164. The number of aromatic nitrogens is 1. The van der Waals surface area contributed by atoms with Crippen molar-refractivity contribution in [3.63, 3.8) is 0 Å². The minimum absolute atomic E-state index is 0.506. The lowest BCUT2D eigenvalue weighted by Gasteiger charge is -2.36. The smallest absolute Gasteiger partial charge is 0.0746 e. The van der Waals surface area contributed by atoms with Crippen LogP contribution in [0, 0.1) is 0 Å². The largest absolute Gasteiger partial charge is 0.310 e. The molecule has 10 aromatic carbocycles. The maximum Gasteiger partial charge on any atom is 0.0746 e. The zero-order valence-electron chi connectivity index (χ0n) is 34.5. The highest BCUT2D eigenvalue weighted by Gasteiger charge is 2.53. The molecule has 2 aliphatic rings. The van der Waals surface area contributed by atoms with Crippen molar-refractivity contribution in [3.05, 3.63) is 265 Å². The van der Waals surface area contributed by atoms with Gasteiger partial charge in [0.1, 0.15) is 0 Å². The normalized spacial score (nSPS) is 12.9. The molecule has 2 aliphatic carbocycles. The third-order valence-electron chi connectivity index (χ3n) is 13.6. The third kappa shape index (κ3) is 5.13. The molecule has 2 nitrogen and oxygen atoms in total. The number of rotatable bonds is 6. The van der Waals surface area contributed by atoms with E-state index < -0.39 is 5.41 Å². The first-order valence-corrected chi connectivity index (χ1v) is 21.9. The summed E-state index contributed by atoms with van der Waals surface area (Å²) in [6.07, 6.45) is 0. The number of para-hydroxylation sites is 2. The van der Waals surface area contributed by atoms with E-state index in [0.717, 1.165) is 17.1 Å². The molecule has 0 N–H and O–H groups in total. The lowest BCUT2D eigenvalue weighted by atomic mass is 9.70. The van der Waals surface area contributed by atoms with Crippen molar-refractivity contribution in [2.24, 2.45) is 0 Å². The van der Waals surface area contributed by atoms with Crippen LogP contribution in [0.5, 0.6) is 0 Å². The quantitative estimate of drug-likeness (QED) is 0.163. The minimum Gasteiger partial charge on any atom is -0.310 e. The van der Waals surface area contributed by atoms with Crippen LogP contribution in [0.3, 0.4) is 0 Å². The molecule has 2 heteroatoms. The number of hydrogen-bond acceptors (Lipinski definition) is 1. The Morgan fingerprint density at radius 1 is 0.333 bits per heavy atom. The van der Waals surface area contributed by atoms with E-state index >= 15 is 0 Å². The number of fused-ring (bicyclic) bond motifs is 13. The number of benzene rings is 10. The van der Waals surface area contributed by atoms with Gasteiger partial charge in [-0.15, -0.1) is 0 Å². The van der Waals surface area contributed by atoms with Gasteiger partial charge in [-0.05, 0) is 116 Å². The molecule has 0 radical (unpaired) electrons. The van der Waals surface area contributed by atoms with E-state index in [1.807, 2.05) is 0 Å². The van der Waals surface area contributed by atoms with E-state index in [0.29, 0.717) is 0 Å². The molecule has 0 amide bonds. The van der Waals surface area contributed by atoms with Crippen molar-refractivity contribution >= 4 is 38.9 Å². The summed E-state index contributed by atoms with van der Waals surface area (Å²) >= 11 is 0. The fourth-order valence-corrected chi connectivity index (χ4v) is 11.1. The second-order valence-electron chi connectivity index (χ2n) is 16.8. The van der Waals surface area contributed by atoms with Crippen LogP contribution in [-0.2, 0) is 5.41 Å². The summed E-state index contributed by atoms with van der Waals surface area (Å²) < 4.78 is 2.40. The average molecular weight is 801 g/mol. The Morgan fingerprint density at radius 2 is 0.857 bits per heavy atom. The van der Waals surface area contributed by atoms with Crippen LogP contribution in [0.1, 0.15) is 22.3 Å². The Balaban J connectivity index is 1.05. The highest BCUT2D eigenvalue weighted by Crippen LogP contribution is 2.65. The lowest BCUT2D eigenvalue weighted by Crippen LogP contribution is -2.28. The van der Waals surface area contributed by atoms with Crippen LogP contribution >= 0.6 is 0 Å². The zero-order chi connectivity index (χ0) is 41.5. The molecule has 0 fully saturated rings. The van der Waals surface area contributed by atoms with Gasteiger partial charge >= 0.3 is 0 Å². The second kappa shape index (κ2) is 13.9. The standard InChI is InChI=1S/C61H40N2/c1-3-18-41(19-4-1)43-20-15-23-46(40-43)62(45-38-36-42(37-39-45)47-28-16-34-57-59(47)52-27-10-14-33-56(52)63(57)44-21-5-2-6-22-44)58-35-17-29-51-50-26-9-13-32-55(50)61(60(51)58)53-30-11-7-24-48(53)49-25-8-12-31-54(49)61/h1-40H. The predicted molar refractivity (Wildman–Crippen MR) is 263 cm³/mol. The summed E-state index contributed by atoms with van der Waals surface area (Å²) in [6, 6.07) is 89.5. The molecule has 0 saturated heterocycles. The summed E-state index contributed by atoms with van der Waals surface area (Å²) in [7, 11) is 0. The highest BCUT2D eigenvalue weighted by atomic mass is 15.1. The lowest BCUT2D eigenvalue weighted by molar-refractivity contribution is 0.793. The molecule has 294 valence electrons. The molecule has 11 aromatic rings. The van der Waals surface area contributed by atoms with E-state index in [1.54, 1.807) is 0 Å². The van der Waals surface area contributed by atoms with Crippen molar-refractivity contribution in [3.8, 4) is 50.2 Å². The average Bonchev–Trinajstić information content (AvgIpc) is 3.97. The highest BCUT2D eigenvalue weighted by molar-refractivity contribution is 6.16. The summed E-state index contributed by atoms with van der Waals surface area (Å²) in [4.78, 5) is 2.51. The molecule has 1 heterocycles. The van der Waals surface area contributed by atoms with Gasteiger partial charge in [0.05, 0.1) is 22.1 Å². The van der Waals surface area contributed by atoms with Gasteiger partial charge in [0.25, 0.3) is 0 Å². The molecular weight excluding hydrogens is 761 g/mol. The Bertz CT molecular complexity index is 3500. The van der Waals surface area contributed by atoms with E-state index in [9.17, 15) is 0 Å². The molecule has 0 aliphatic heterocycles. The molecule has 0 bridgehead atoms. The van der Waals surface area contributed by atoms with Crippen LogP contribution in [0.2, 0.25) is 0 Å². The monoisotopic (exact) mass is 800 g/mol. The molecule has 1 aromatic heterocycles. The molecule has 1 spiro atoms. The first kappa shape index (κ1) is 35.5. The SMILES string of the molecule is c1ccc(-c2cccc(N(c3ccc(-c4cccc5c4c4ccccc4n5-c4ccccc4)cc3)c3cccc4c3C3(c5ccccc5-c5ccccc53)c3ccccc3-4)c2)cc1. The van der Waals surface area contributed by atoms with Gasteiger partial charge in [0, 0.05) is 33.4 Å². The summed E-state index contributed by atoms with van der Waals surface area (Å²) in [5.41, 5.74) is 21.7. The Hall–Kier alpha value is -8.20. The van der Waals surface area contributed by atoms with E-state index in [4.69, 9.17) is 0 Å². The first-order chi connectivity index (χ1) is 31.3. The van der Waals surface area contributed by atoms with Gasteiger partial charge in [-0.1, -0.05) is 188 Å². The van der Waals surface area contributed by atoms with Crippen molar-refractivity contribution in [1.82, 2.24) is 4.57 Å². The van der Waals surface area contributed by atoms with Crippen molar-refractivity contribution in [2.45, 2.75) is 5.41 Å². The van der Waals surface area contributed by atoms with Crippen LogP contribution < -0.4 is 4.90 Å². The molecule has 0 atom stereocenters. The van der Waals surface area contributed by atoms with E-state index in [1.165, 1.54) is 94.3 Å². The molecule has 0 unspecified atom stereocenters. The molecule has 63 heavy (non-hydrogen) atoms. The van der Waals surface area contributed by atoms with Gasteiger partial charge in [0.2, 0.25) is 0 Å².